The van der Waals surface area contributed by atoms with Gasteiger partial charge in [-0.1, -0.05) is 17.7 Å². The van der Waals surface area contributed by atoms with Gasteiger partial charge < -0.3 is 20.1 Å². The molecule has 0 radical (unpaired) electrons. The van der Waals surface area contributed by atoms with Crippen LogP contribution in [0.4, 0.5) is 17.3 Å². The first kappa shape index (κ1) is 25.5. The minimum absolute atomic E-state index is 0.232. The van der Waals surface area contributed by atoms with Gasteiger partial charge in [0.1, 0.15) is 11.6 Å². The van der Waals surface area contributed by atoms with E-state index in [9.17, 15) is 8.42 Å². The molecule has 1 fully saturated rings. The number of sulfonamides is 1. The van der Waals surface area contributed by atoms with Crippen LogP contribution in [0.25, 0.3) is 10.9 Å². The second kappa shape index (κ2) is 11.1. The summed E-state index contributed by atoms with van der Waals surface area (Å²) in [5.41, 5.74) is 2.92. The molecule has 1 saturated heterocycles. The Kier molecular flexibility index (Phi) is 7.66. The van der Waals surface area contributed by atoms with Crippen LogP contribution in [-0.4, -0.2) is 63.1 Å². The molecule has 0 amide bonds. The molecule has 10 heteroatoms. The predicted molar refractivity (Wildman–Crippen MR) is 150 cm³/mol. The van der Waals surface area contributed by atoms with Gasteiger partial charge in [-0.05, 0) is 80.1 Å². The van der Waals surface area contributed by atoms with Crippen molar-refractivity contribution in [3.63, 3.8) is 0 Å². The van der Waals surface area contributed by atoms with E-state index in [0.717, 1.165) is 66.4 Å². The number of piperazine rings is 1. The van der Waals surface area contributed by atoms with Crippen LogP contribution in [0.3, 0.4) is 0 Å². The smallest absolute Gasteiger partial charge is 0.240 e. The summed E-state index contributed by atoms with van der Waals surface area (Å²) < 4.78 is 28.3. The van der Waals surface area contributed by atoms with Crippen molar-refractivity contribution in [1.29, 1.82) is 0 Å². The second-order valence-corrected chi connectivity index (χ2v) is 11.5. The molecule has 4 aromatic rings. The maximum atomic E-state index is 12.8. The lowest BCUT2D eigenvalue weighted by atomic mass is 10.1. The van der Waals surface area contributed by atoms with Gasteiger partial charge in [0.05, 0.1) is 4.90 Å². The van der Waals surface area contributed by atoms with Gasteiger partial charge >= 0.3 is 0 Å². The normalized spacial score (nSPS) is 14.8. The van der Waals surface area contributed by atoms with Crippen LogP contribution in [-0.2, 0) is 16.4 Å². The van der Waals surface area contributed by atoms with Crippen molar-refractivity contribution in [2.24, 2.45) is 0 Å². The highest BCUT2D eigenvalue weighted by Gasteiger charge is 2.16. The second-order valence-electron chi connectivity index (χ2n) is 9.33. The van der Waals surface area contributed by atoms with Crippen LogP contribution in [0.5, 0.6) is 0 Å². The summed E-state index contributed by atoms with van der Waals surface area (Å²) >= 11 is 6.12. The van der Waals surface area contributed by atoms with Crippen LogP contribution in [0.2, 0.25) is 5.02 Å². The summed E-state index contributed by atoms with van der Waals surface area (Å²) in [5.74, 6) is 1.67. The first-order valence-electron chi connectivity index (χ1n) is 12.4. The molecule has 37 heavy (non-hydrogen) atoms. The fraction of sp³-hybridized carbons (Fsp3) is 0.296. The fourth-order valence-electron chi connectivity index (χ4n) is 4.50. The standard InChI is InChI=1S/C27H31ClN6O2S/c1-33-14-16-34(17-15-33)27-6-2-5-26(32-27)31-22-8-10-23(11-9-22)37(35,36)30-13-3-4-20-19-29-25-12-7-21(28)18-24(20)25/h2,5-12,18-19,29-30H,3-4,13-17H2,1H3,(H,31,32). The summed E-state index contributed by atoms with van der Waals surface area (Å²) in [6, 6.07) is 18.4. The van der Waals surface area contributed by atoms with Crippen molar-refractivity contribution in [3.8, 4) is 0 Å². The van der Waals surface area contributed by atoms with Crippen LogP contribution in [0.1, 0.15) is 12.0 Å². The Bertz CT molecular complexity index is 1460. The topological polar surface area (TPSA) is 93.4 Å². The molecule has 5 rings (SSSR count). The lowest BCUT2D eigenvalue weighted by Crippen LogP contribution is -2.44. The number of aromatic amines is 1. The quantitative estimate of drug-likeness (QED) is 0.269. The first-order valence-corrected chi connectivity index (χ1v) is 14.3. The average molecular weight is 539 g/mol. The molecule has 2 aromatic heterocycles. The van der Waals surface area contributed by atoms with E-state index < -0.39 is 10.0 Å². The van der Waals surface area contributed by atoms with E-state index >= 15 is 0 Å². The number of nitrogens with zero attached hydrogens (tertiary/aromatic N) is 3. The summed E-state index contributed by atoms with van der Waals surface area (Å²) in [6.07, 6.45) is 3.37. The number of anilines is 3. The van der Waals surface area contributed by atoms with Crippen molar-refractivity contribution < 1.29 is 8.42 Å². The maximum Gasteiger partial charge on any atom is 0.240 e. The third kappa shape index (κ3) is 6.24. The van der Waals surface area contributed by atoms with Gasteiger partial charge in [0.25, 0.3) is 0 Å². The predicted octanol–water partition coefficient (Wildman–Crippen LogP) is 4.62. The molecule has 3 N–H and O–H groups in total. The molecule has 1 aliphatic heterocycles. The number of pyridine rings is 1. The number of hydrogen-bond donors (Lipinski definition) is 3. The lowest BCUT2D eigenvalue weighted by molar-refractivity contribution is 0.312. The molecule has 0 unspecified atom stereocenters. The van der Waals surface area contributed by atoms with Crippen molar-refractivity contribution in [1.82, 2.24) is 19.6 Å². The molecule has 2 aromatic carbocycles. The number of benzene rings is 2. The van der Waals surface area contributed by atoms with Gasteiger partial charge in [-0.25, -0.2) is 18.1 Å². The molecular formula is C27H31ClN6O2S. The SMILES string of the molecule is CN1CCN(c2cccc(Nc3ccc(S(=O)(=O)NCCCc4c[nH]c5ccc(Cl)cc45)cc3)n2)CC1. The van der Waals surface area contributed by atoms with Crippen LogP contribution in [0, 0.1) is 0 Å². The van der Waals surface area contributed by atoms with Crippen molar-refractivity contribution in [3.05, 3.63) is 77.4 Å². The molecular weight excluding hydrogens is 508 g/mol. The molecule has 194 valence electrons. The summed E-state index contributed by atoms with van der Waals surface area (Å²) in [6.45, 7) is 4.27. The number of H-pyrrole nitrogens is 1. The average Bonchev–Trinajstić information content (AvgIpc) is 3.29. The Morgan fingerprint density at radius 1 is 1.03 bits per heavy atom. The van der Waals surface area contributed by atoms with Crippen LogP contribution >= 0.6 is 11.6 Å². The van der Waals surface area contributed by atoms with Gasteiger partial charge in [-0.3, -0.25) is 0 Å². The Hall–Kier alpha value is -3.11. The number of hydrogen-bond acceptors (Lipinski definition) is 6. The monoisotopic (exact) mass is 538 g/mol. The van der Waals surface area contributed by atoms with Gasteiger partial charge in [-0.15, -0.1) is 0 Å². The number of nitrogens with one attached hydrogen (secondary N) is 3. The molecule has 3 heterocycles. The highest BCUT2D eigenvalue weighted by atomic mass is 35.5. The molecule has 0 bridgehead atoms. The third-order valence-electron chi connectivity index (χ3n) is 6.64. The van der Waals surface area contributed by atoms with Crippen LogP contribution in [0.15, 0.2) is 71.8 Å². The molecule has 0 aliphatic carbocycles. The largest absolute Gasteiger partial charge is 0.361 e. The lowest BCUT2D eigenvalue weighted by Gasteiger charge is -2.33. The first-order chi connectivity index (χ1) is 17.9. The van der Waals surface area contributed by atoms with Gasteiger partial charge in [-0.2, -0.15) is 0 Å². The molecule has 1 aliphatic rings. The number of aromatic nitrogens is 2. The fourth-order valence-corrected chi connectivity index (χ4v) is 5.74. The van der Waals surface area contributed by atoms with Crippen LogP contribution < -0.4 is 14.9 Å². The highest BCUT2D eigenvalue weighted by Crippen LogP contribution is 2.24. The zero-order valence-corrected chi connectivity index (χ0v) is 22.3. The zero-order valence-electron chi connectivity index (χ0n) is 20.7. The summed E-state index contributed by atoms with van der Waals surface area (Å²) in [4.78, 5) is 12.8. The summed E-state index contributed by atoms with van der Waals surface area (Å²) in [7, 11) is -1.47. The van der Waals surface area contributed by atoms with Crippen molar-refractivity contribution in [2.45, 2.75) is 17.7 Å². The Balaban J connectivity index is 1.15. The number of aryl methyl sites for hydroxylation is 1. The van der Waals surface area contributed by atoms with Gasteiger partial charge in [0.15, 0.2) is 0 Å². The van der Waals surface area contributed by atoms with Gasteiger partial charge in [0, 0.05) is 60.5 Å². The van der Waals surface area contributed by atoms with E-state index in [1.54, 1.807) is 24.3 Å². The van der Waals surface area contributed by atoms with E-state index in [4.69, 9.17) is 16.6 Å². The number of halogens is 1. The maximum absolute atomic E-state index is 12.8. The van der Waals surface area contributed by atoms with Crippen molar-refractivity contribution >= 4 is 49.9 Å². The Labute approximate surface area is 222 Å². The molecule has 0 atom stereocenters. The Morgan fingerprint density at radius 2 is 1.81 bits per heavy atom. The molecule has 0 saturated carbocycles. The van der Waals surface area contributed by atoms with E-state index in [1.807, 2.05) is 42.6 Å². The molecule has 0 spiro atoms. The van der Waals surface area contributed by atoms with E-state index in [-0.39, 0.29) is 4.90 Å². The van der Waals surface area contributed by atoms with Crippen molar-refractivity contribution in [2.75, 3.05) is 50.0 Å². The summed E-state index contributed by atoms with van der Waals surface area (Å²) in [5, 5.41) is 5.04. The minimum Gasteiger partial charge on any atom is -0.361 e. The highest BCUT2D eigenvalue weighted by molar-refractivity contribution is 7.89. The Morgan fingerprint density at radius 3 is 2.59 bits per heavy atom. The van der Waals surface area contributed by atoms with E-state index in [1.165, 1.54) is 0 Å². The molecule has 8 nitrogen and oxygen atoms in total. The van der Waals surface area contributed by atoms with E-state index in [2.05, 4.69) is 31.9 Å². The zero-order chi connectivity index (χ0) is 25.8. The number of rotatable bonds is 9. The minimum atomic E-state index is -3.60. The number of likely N-dealkylation sites (N-methyl/N-ethyl adjacent to an activating group) is 1. The number of fused-ring (bicyclic) bond motifs is 1. The third-order valence-corrected chi connectivity index (χ3v) is 8.36. The van der Waals surface area contributed by atoms with E-state index in [0.29, 0.717) is 18.0 Å². The van der Waals surface area contributed by atoms with Gasteiger partial charge in [0.2, 0.25) is 10.0 Å².